The number of halogens is 1. The molecular formula is C24H43F. The summed E-state index contributed by atoms with van der Waals surface area (Å²) in [5, 5.41) is 0. The van der Waals surface area contributed by atoms with Crippen LogP contribution < -0.4 is 0 Å². The van der Waals surface area contributed by atoms with Crippen LogP contribution in [-0.2, 0) is 0 Å². The van der Waals surface area contributed by atoms with Gasteiger partial charge in [-0.2, -0.15) is 0 Å². The quantitative estimate of drug-likeness (QED) is 0.493. The summed E-state index contributed by atoms with van der Waals surface area (Å²) >= 11 is 0. The zero-order chi connectivity index (χ0) is 18.1. The second kappa shape index (κ2) is 8.30. The minimum absolute atomic E-state index is 0.350. The lowest BCUT2D eigenvalue weighted by atomic mass is 9.58. The van der Waals surface area contributed by atoms with Gasteiger partial charge in [0.2, 0.25) is 0 Å². The third-order valence-corrected chi connectivity index (χ3v) is 8.99. The predicted octanol–water partition coefficient (Wildman–Crippen LogP) is 7.52. The maximum Gasteiger partial charge on any atom is 0.104 e. The van der Waals surface area contributed by atoms with Crippen molar-refractivity contribution in [1.82, 2.24) is 0 Å². The van der Waals surface area contributed by atoms with Gasteiger partial charge in [0.25, 0.3) is 0 Å². The molecule has 0 bridgehead atoms. The van der Waals surface area contributed by atoms with Crippen LogP contribution in [0, 0.1) is 53.3 Å². The first-order valence-electron chi connectivity index (χ1n) is 11.5. The van der Waals surface area contributed by atoms with Crippen molar-refractivity contribution in [3.8, 4) is 0 Å². The van der Waals surface area contributed by atoms with Gasteiger partial charge in [-0.3, -0.25) is 0 Å². The van der Waals surface area contributed by atoms with Gasteiger partial charge < -0.3 is 0 Å². The van der Waals surface area contributed by atoms with Gasteiger partial charge in [0.15, 0.2) is 0 Å². The molecular weight excluding hydrogens is 307 g/mol. The van der Waals surface area contributed by atoms with E-state index in [9.17, 15) is 0 Å². The molecule has 0 aromatic heterocycles. The lowest BCUT2D eigenvalue weighted by molar-refractivity contribution is -0.0229. The summed E-state index contributed by atoms with van der Waals surface area (Å²) in [7, 11) is 0. The SMILES string of the molecule is CCC1CC(C2C(C)CC(C3CCC(C)CC3)CC2F)CC(C)C1C. The molecule has 0 aromatic carbocycles. The normalized spacial score (nSPS) is 52.1. The molecule has 25 heavy (non-hydrogen) atoms. The van der Waals surface area contributed by atoms with Gasteiger partial charge in [-0.05, 0) is 91.8 Å². The van der Waals surface area contributed by atoms with E-state index >= 15 is 4.39 Å². The Labute approximate surface area is 156 Å². The van der Waals surface area contributed by atoms with Gasteiger partial charge in [0, 0.05) is 0 Å². The summed E-state index contributed by atoms with van der Waals surface area (Å²) in [5.74, 6) is 6.43. The van der Waals surface area contributed by atoms with Gasteiger partial charge in [0.05, 0.1) is 0 Å². The van der Waals surface area contributed by atoms with E-state index in [1.54, 1.807) is 0 Å². The molecule has 3 aliphatic carbocycles. The molecule has 0 nitrogen and oxygen atoms in total. The van der Waals surface area contributed by atoms with Crippen LogP contribution in [0.4, 0.5) is 4.39 Å². The van der Waals surface area contributed by atoms with Gasteiger partial charge in [-0.1, -0.05) is 53.9 Å². The van der Waals surface area contributed by atoms with Crippen LogP contribution >= 0.6 is 0 Å². The monoisotopic (exact) mass is 350 g/mol. The summed E-state index contributed by atoms with van der Waals surface area (Å²) in [6, 6.07) is 0. The molecule has 0 N–H and O–H groups in total. The Bertz CT molecular complexity index is 398. The third kappa shape index (κ3) is 4.27. The Hall–Kier alpha value is -0.0700. The van der Waals surface area contributed by atoms with E-state index in [0.29, 0.717) is 23.7 Å². The van der Waals surface area contributed by atoms with Crippen LogP contribution in [0.15, 0.2) is 0 Å². The fraction of sp³-hybridized carbons (Fsp3) is 1.00. The van der Waals surface area contributed by atoms with Gasteiger partial charge in [-0.15, -0.1) is 0 Å². The molecule has 3 saturated carbocycles. The van der Waals surface area contributed by atoms with E-state index in [1.165, 1.54) is 51.4 Å². The summed E-state index contributed by atoms with van der Waals surface area (Å²) in [5.41, 5.74) is 0. The highest BCUT2D eigenvalue weighted by Crippen LogP contribution is 2.51. The molecule has 0 spiro atoms. The number of rotatable bonds is 3. The molecule has 0 radical (unpaired) electrons. The van der Waals surface area contributed by atoms with E-state index in [0.717, 1.165) is 36.0 Å². The van der Waals surface area contributed by atoms with Crippen molar-refractivity contribution in [1.29, 1.82) is 0 Å². The highest BCUT2D eigenvalue weighted by atomic mass is 19.1. The average Bonchev–Trinajstić information content (AvgIpc) is 2.57. The van der Waals surface area contributed by atoms with Crippen LogP contribution in [0.25, 0.3) is 0 Å². The fourth-order valence-corrected chi connectivity index (χ4v) is 7.15. The molecule has 3 fully saturated rings. The van der Waals surface area contributed by atoms with Crippen molar-refractivity contribution in [2.24, 2.45) is 53.3 Å². The van der Waals surface area contributed by atoms with E-state index in [2.05, 4.69) is 34.6 Å². The first kappa shape index (κ1) is 19.7. The maximum atomic E-state index is 15.4. The van der Waals surface area contributed by atoms with E-state index in [1.807, 2.05) is 0 Å². The molecule has 0 aromatic rings. The number of hydrogen-bond acceptors (Lipinski definition) is 0. The molecule has 3 rings (SSSR count). The molecule has 8 atom stereocenters. The average molecular weight is 351 g/mol. The fourth-order valence-electron chi connectivity index (χ4n) is 7.15. The second-order valence-electron chi connectivity index (χ2n) is 10.6. The molecule has 0 aliphatic heterocycles. The van der Waals surface area contributed by atoms with Crippen molar-refractivity contribution in [2.75, 3.05) is 0 Å². The van der Waals surface area contributed by atoms with Crippen molar-refractivity contribution in [3.63, 3.8) is 0 Å². The summed E-state index contributed by atoms with van der Waals surface area (Å²) in [6.45, 7) is 12.0. The van der Waals surface area contributed by atoms with Crippen LogP contribution in [-0.4, -0.2) is 6.17 Å². The molecule has 3 aliphatic rings. The highest BCUT2D eigenvalue weighted by Gasteiger charge is 2.45. The van der Waals surface area contributed by atoms with E-state index in [4.69, 9.17) is 0 Å². The number of alkyl halides is 1. The van der Waals surface area contributed by atoms with E-state index in [-0.39, 0.29) is 0 Å². The van der Waals surface area contributed by atoms with Crippen LogP contribution in [0.2, 0.25) is 0 Å². The second-order valence-corrected chi connectivity index (χ2v) is 10.6. The maximum absolute atomic E-state index is 15.4. The minimum Gasteiger partial charge on any atom is -0.247 e. The molecule has 146 valence electrons. The van der Waals surface area contributed by atoms with Crippen LogP contribution in [0.1, 0.15) is 92.4 Å². The predicted molar refractivity (Wildman–Crippen MR) is 106 cm³/mol. The van der Waals surface area contributed by atoms with Crippen molar-refractivity contribution >= 4 is 0 Å². The topological polar surface area (TPSA) is 0 Å². The molecule has 0 heterocycles. The largest absolute Gasteiger partial charge is 0.247 e. The zero-order valence-electron chi connectivity index (χ0n) is 17.5. The third-order valence-electron chi connectivity index (χ3n) is 8.99. The Balaban J connectivity index is 1.62. The first-order valence-corrected chi connectivity index (χ1v) is 11.5. The minimum atomic E-state index is -0.531. The molecule has 0 amide bonds. The Morgan fingerprint density at radius 1 is 0.720 bits per heavy atom. The van der Waals surface area contributed by atoms with Crippen molar-refractivity contribution in [2.45, 2.75) is 98.6 Å². The highest BCUT2D eigenvalue weighted by molar-refractivity contribution is 4.94. The standard InChI is InChI=1S/C24H43F/c1-6-19-13-22(11-16(3)18(19)5)24-17(4)12-21(14-23(24)25)20-9-7-15(2)8-10-20/h15-24H,6-14H2,1-5H3. The summed E-state index contributed by atoms with van der Waals surface area (Å²) < 4.78 is 15.4. The van der Waals surface area contributed by atoms with Gasteiger partial charge in [-0.25, -0.2) is 4.39 Å². The summed E-state index contributed by atoms with van der Waals surface area (Å²) in [6.07, 6.45) is 11.0. The van der Waals surface area contributed by atoms with Crippen LogP contribution in [0.5, 0.6) is 0 Å². The van der Waals surface area contributed by atoms with Crippen molar-refractivity contribution in [3.05, 3.63) is 0 Å². The smallest absolute Gasteiger partial charge is 0.104 e. The Kier molecular flexibility index (Phi) is 6.54. The lowest BCUT2D eigenvalue weighted by Gasteiger charge is -2.48. The first-order chi connectivity index (χ1) is 11.9. The van der Waals surface area contributed by atoms with Gasteiger partial charge in [0.1, 0.15) is 6.17 Å². The summed E-state index contributed by atoms with van der Waals surface area (Å²) in [4.78, 5) is 0. The molecule has 1 heteroatoms. The molecule has 0 saturated heterocycles. The van der Waals surface area contributed by atoms with Crippen molar-refractivity contribution < 1.29 is 4.39 Å². The van der Waals surface area contributed by atoms with E-state index < -0.39 is 6.17 Å². The molecule has 8 unspecified atom stereocenters. The Morgan fingerprint density at radius 2 is 1.36 bits per heavy atom. The zero-order valence-corrected chi connectivity index (χ0v) is 17.5. The lowest BCUT2D eigenvalue weighted by Crippen LogP contribution is -2.43. The number of hydrogen-bond donors (Lipinski definition) is 0. The van der Waals surface area contributed by atoms with Crippen LogP contribution in [0.3, 0.4) is 0 Å². The Morgan fingerprint density at radius 3 is 1.96 bits per heavy atom. The van der Waals surface area contributed by atoms with Gasteiger partial charge >= 0.3 is 0 Å².